The zero-order valence-corrected chi connectivity index (χ0v) is 52.4. The summed E-state index contributed by atoms with van der Waals surface area (Å²) >= 11 is 0. The molecule has 3 aliphatic carbocycles. The highest BCUT2D eigenvalue weighted by atomic mass is 16.3. The van der Waals surface area contributed by atoms with Gasteiger partial charge in [0, 0.05) is 48.9 Å². The maximum atomic E-state index is 6.80. The number of para-hydroxylation sites is 4. The van der Waals surface area contributed by atoms with Gasteiger partial charge >= 0.3 is 0 Å². The van der Waals surface area contributed by atoms with E-state index < -0.39 is 0 Å². The molecule has 0 N–H and O–H groups in total. The van der Waals surface area contributed by atoms with E-state index >= 15 is 0 Å². The van der Waals surface area contributed by atoms with Crippen molar-refractivity contribution in [2.75, 3.05) is 4.90 Å². The third kappa shape index (κ3) is 8.15. The molecule has 0 saturated heterocycles. The minimum absolute atomic E-state index is 0.114. The van der Waals surface area contributed by atoms with Crippen molar-refractivity contribution in [3.63, 3.8) is 0 Å². The first-order valence-electron chi connectivity index (χ1n) is 31.0. The van der Waals surface area contributed by atoms with Crippen molar-refractivity contribution in [3.8, 4) is 33.4 Å². The Morgan fingerprint density at radius 1 is 0.264 bits per heavy atom. The second kappa shape index (κ2) is 19.5. The Balaban J connectivity index is 0.000000230. The minimum Gasteiger partial charge on any atom is -0.456 e. The Morgan fingerprint density at radius 3 is 1.28 bits per heavy atom. The van der Waals surface area contributed by atoms with Crippen molar-refractivity contribution in [2.45, 2.75) is 106 Å². The van der Waals surface area contributed by atoms with Crippen LogP contribution < -0.4 is 4.90 Å². The van der Waals surface area contributed by atoms with Crippen molar-refractivity contribution in [3.05, 3.63) is 279 Å². The smallest absolute Gasteiger partial charge is 0.159 e. The van der Waals surface area contributed by atoms with Crippen LogP contribution in [0, 0.1) is 48.5 Å². The largest absolute Gasteiger partial charge is 0.456 e. The van der Waals surface area contributed by atoms with E-state index in [1.165, 1.54) is 138 Å². The predicted octanol–water partition coefficient (Wildman–Crippen LogP) is 23.7. The summed E-state index contributed by atoms with van der Waals surface area (Å²) in [6, 6.07) is 76.2. The average molecular weight is 1130 g/mol. The van der Waals surface area contributed by atoms with Gasteiger partial charge in [0.1, 0.15) is 16.7 Å². The lowest BCUT2D eigenvalue weighted by molar-refractivity contribution is 0.649. The number of benzene rings is 12. The molecule has 0 spiro atoms. The van der Waals surface area contributed by atoms with E-state index in [2.05, 4.69) is 283 Å². The monoisotopic (exact) mass is 1130 g/mol. The molecule has 2 aromatic heterocycles. The van der Waals surface area contributed by atoms with Crippen LogP contribution in [0.1, 0.15) is 114 Å². The van der Waals surface area contributed by atoms with Crippen LogP contribution in [-0.2, 0) is 16.2 Å². The summed E-state index contributed by atoms with van der Waals surface area (Å²) in [6.45, 7) is 29.8. The van der Waals surface area contributed by atoms with Crippen LogP contribution in [0.4, 0.5) is 17.1 Å². The summed E-state index contributed by atoms with van der Waals surface area (Å²) in [5, 5.41) is 9.89. The van der Waals surface area contributed by atoms with Crippen LogP contribution in [0.15, 0.2) is 215 Å². The molecule has 3 nitrogen and oxygen atoms in total. The summed E-state index contributed by atoms with van der Waals surface area (Å²) in [5.41, 5.74) is 32.5. The highest BCUT2D eigenvalue weighted by molar-refractivity contribution is 6.15. The number of anilines is 3. The zero-order chi connectivity index (χ0) is 60.2. The van der Waals surface area contributed by atoms with Gasteiger partial charge in [-0.15, -0.1) is 0 Å². The first-order valence-corrected chi connectivity index (χ1v) is 31.0. The standard InChI is InChI=1S/C62H51NO.C13H10O.C9H12/c1-34-25-26-53(36(3)27-34)63(54-23-16-22-42-39-19-14-15-24-56(39)64-59(42)54)55-33-52-58(41-21-13-11-18-38(41)55)46-32-48-44(30-50(46)62(52,8)9)43-29-49-45(31-47(43)60(48,4)5)57-40-20-12-10-17-37(40)35(2)28-51(57)61(49,6)7;1-9-5-4-7-11-10-6-2-3-8-12(10)14-13(9)11;1-7-4-5-8(2)9(3)6-7/h10-33H,1-9H3;2-8H,1H3;4-6H,1-3H3. The van der Waals surface area contributed by atoms with Crippen molar-refractivity contribution in [1.29, 1.82) is 0 Å². The molecular weight excluding hydrogens is 1050 g/mol. The second-order valence-corrected chi connectivity index (χ2v) is 26.8. The zero-order valence-electron chi connectivity index (χ0n) is 52.4. The first-order chi connectivity index (χ1) is 41.8. The fraction of sp³-hybridized carbons (Fsp3) is 0.190. The van der Waals surface area contributed by atoms with Gasteiger partial charge in [-0.1, -0.05) is 204 Å². The molecule has 0 radical (unpaired) electrons. The molecular formula is C84H73NO2. The third-order valence-electron chi connectivity index (χ3n) is 20.2. The molecule has 3 heteroatoms. The highest BCUT2D eigenvalue weighted by Crippen LogP contribution is 2.62. The Hall–Kier alpha value is -9.44. The van der Waals surface area contributed by atoms with Gasteiger partial charge in [0.25, 0.3) is 0 Å². The van der Waals surface area contributed by atoms with Crippen molar-refractivity contribution >= 4 is 82.5 Å². The lowest BCUT2D eigenvalue weighted by Crippen LogP contribution is -2.18. The van der Waals surface area contributed by atoms with Crippen LogP contribution in [0.2, 0.25) is 0 Å². The fourth-order valence-electron chi connectivity index (χ4n) is 15.4. The Labute approximate surface area is 511 Å². The Kier molecular flexibility index (Phi) is 12.2. The molecule has 12 aromatic carbocycles. The van der Waals surface area contributed by atoms with Crippen LogP contribution in [0.5, 0.6) is 0 Å². The number of fused-ring (bicyclic) bond motifs is 19. The van der Waals surface area contributed by atoms with Crippen LogP contribution in [0.25, 0.3) is 98.8 Å². The third-order valence-corrected chi connectivity index (χ3v) is 20.2. The minimum atomic E-state index is -0.270. The van der Waals surface area contributed by atoms with Gasteiger partial charge in [0.05, 0.1) is 11.4 Å². The number of nitrogens with zero attached hydrogens (tertiary/aromatic N) is 1. The molecule has 0 aliphatic heterocycles. The van der Waals surface area contributed by atoms with E-state index in [0.717, 1.165) is 50.2 Å². The van der Waals surface area contributed by atoms with Gasteiger partial charge < -0.3 is 13.7 Å². The molecule has 14 aromatic rings. The van der Waals surface area contributed by atoms with E-state index in [9.17, 15) is 0 Å². The lowest BCUT2D eigenvalue weighted by atomic mass is 9.78. The molecule has 0 saturated carbocycles. The van der Waals surface area contributed by atoms with Crippen molar-refractivity contribution < 1.29 is 8.83 Å². The number of aryl methyl sites for hydroxylation is 7. The van der Waals surface area contributed by atoms with Gasteiger partial charge in [0.2, 0.25) is 0 Å². The number of hydrogen-bond donors (Lipinski definition) is 0. The fourth-order valence-corrected chi connectivity index (χ4v) is 15.4. The topological polar surface area (TPSA) is 29.5 Å². The first kappa shape index (κ1) is 54.2. The maximum absolute atomic E-state index is 6.80. The number of rotatable bonds is 3. The lowest BCUT2D eigenvalue weighted by Gasteiger charge is -2.31. The molecule has 0 amide bonds. The second-order valence-electron chi connectivity index (χ2n) is 26.8. The number of hydrogen-bond acceptors (Lipinski definition) is 3. The quantitative estimate of drug-likeness (QED) is 0.177. The molecule has 0 bridgehead atoms. The molecule has 3 aliphatic rings. The van der Waals surface area contributed by atoms with Crippen LogP contribution in [-0.4, -0.2) is 0 Å². The van der Waals surface area contributed by atoms with Gasteiger partial charge in [0.15, 0.2) is 5.58 Å². The van der Waals surface area contributed by atoms with Crippen LogP contribution in [0.3, 0.4) is 0 Å². The van der Waals surface area contributed by atoms with Crippen LogP contribution >= 0.6 is 0 Å². The van der Waals surface area contributed by atoms with Crippen molar-refractivity contribution in [1.82, 2.24) is 0 Å². The predicted molar refractivity (Wildman–Crippen MR) is 369 cm³/mol. The summed E-state index contributed by atoms with van der Waals surface area (Å²) < 4.78 is 12.6. The van der Waals surface area contributed by atoms with Gasteiger partial charge in [-0.25, -0.2) is 0 Å². The number of furan rings is 2. The van der Waals surface area contributed by atoms with Crippen molar-refractivity contribution in [2.24, 2.45) is 0 Å². The Morgan fingerprint density at radius 2 is 0.701 bits per heavy atom. The molecule has 87 heavy (non-hydrogen) atoms. The maximum Gasteiger partial charge on any atom is 0.159 e. The van der Waals surface area contributed by atoms with Gasteiger partial charge in [-0.05, 0) is 214 Å². The summed E-state index contributed by atoms with van der Waals surface area (Å²) in [6.07, 6.45) is 0. The molecule has 426 valence electrons. The van der Waals surface area contributed by atoms with E-state index in [1.807, 2.05) is 18.2 Å². The molecule has 0 unspecified atom stereocenters. The SMILES string of the molecule is Cc1ccc(C)c(C)c1.Cc1ccc(N(c2cc3c(c4ccccc24)-c2cc4c(cc2C3(C)C)-c2cc3c(cc2C4(C)C)-c2c(cc(C)c4ccccc24)C3(C)C)c2cccc3c2oc2ccccc23)c(C)c1.Cc1cccc2c1oc1ccccc12. The summed E-state index contributed by atoms with van der Waals surface area (Å²) in [4.78, 5) is 2.48. The molecule has 17 rings (SSSR count). The van der Waals surface area contributed by atoms with E-state index in [-0.39, 0.29) is 16.2 Å². The van der Waals surface area contributed by atoms with Gasteiger partial charge in [-0.3, -0.25) is 0 Å². The molecule has 0 atom stereocenters. The highest BCUT2D eigenvalue weighted by Gasteiger charge is 2.46. The molecule has 2 heterocycles. The summed E-state index contributed by atoms with van der Waals surface area (Å²) in [7, 11) is 0. The Bertz CT molecular complexity index is 5230. The summed E-state index contributed by atoms with van der Waals surface area (Å²) in [5.74, 6) is 0. The van der Waals surface area contributed by atoms with Gasteiger partial charge in [-0.2, -0.15) is 0 Å². The van der Waals surface area contributed by atoms with E-state index in [1.54, 1.807) is 0 Å². The molecule has 0 fully saturated rings. The van der Waals surface area contributed by atoms with E-state index in [4.69, 9.17) is 8.83 Å². The normalized spacial score (nSPS) is 14.3. The average Bonchev–Trinajstić information content (AvgIpc) is 1.54. The van der Waals surface area contributed by atoms with E-state index in [0.29, 0.717) is 0 Å².